The summed E-state index contributed by atoms with van der Waals surface area (Å²) in [5, 5.41) is 0. The van der Waals surface area contributed by atoms with Gasteiger partial charge >= 0.3 is 28.2 Å². The second-order valence-corrected chi connectivity index (χ2v) is 4.03. The summed E-state index contributed by atoms with van der Waals surface area (Å²) in [5.74, 6) is 0. The van der Waals surface area contributed by atoms with Crippen LogP contribution < -0.4 is 0 Å². The zero-order valence-electron chi connectivity index (χ0n) is 10.5. The van der Waals surface area contributed by atoms with Crippen LogP contribution in [0.1, 0.15) is 0 Å². The van der Waals surface area contributed by atoms with Crippen molar-refractivity contribution < 1.29 is 18.8 Å². The van der Waals surface area contributed by atoms with Gasteiger partial charge < -0.3 is 0 Å². The van der Waals surface area contributed by atoms with Crippen LogP contribution in [-0.2, 0) is 18.8 Å². The topological polar surface area (TPSA) is 0 Å². The van der Waals surface area contributed by atoms with Crippen molar-refractivity contribution in [3.63, 3.8) is 0 Å². The van der Waals surface area contributed by atoms with Crippen molar-refractivity contribution in [1.29, 1.82) is 0 Å². The van der Waals surface area contributed by atoms with E-state index in [4.69, 9.17) is 0 Å². The van der Waals surface area contributed by atoms with E-state index >= 15 is 0 Å². The third-order valence-electron chi connectivity index (χ3n) is 2.79. The van der Waals surface area contributed by atoms with Gasteiger partial charge in [0.15, 0.2) is 0 Å². The van der Waals surface area contributed by atoms with Gasteiger partial charge in [-0.05, 0) is 0 Å². The van der Waals surface area contributed by atoms with E-state index in [2.05, 4.69) is 39.7 Å². The minimum atomic E-state index is 1.06. The van der Waals surface area contributed by atoms with Gasteiger partial charge in [-0.25, -0.2) is 28.3 Å². The molecule has 0 aliphatic rings. The van der Waals surface area contributed by atoms with Crippen LogP contribution in [0.2, 0.25) is 0 Å². The molecule has 0 bridgehead atoms. The maximum absolute atomic E-state index is 4.61. The fourth-order valence-corrected chi connectivity index (χ4v) is 1.90. The fourth-order valence-electron chi connectivity index (χ4n) is 1.90. The number of hydrogen-bond acceptors (Lipinski definition) is 0. The van der Waals surface area contributed by atoms with E-state index < -0.39 is 0 Å². The molecule has 0 atom stereocenters. The van der Waals surface area contributed by atoms with Crippen LogP contribution in [-0.4, -0.2) is 0 Å². The third-order valence-corrected chi connectivity index (χ3v) is 2.79. The van der Waals surface area contributed by atoms with Crippen molar-refractivity contribution in [3.05, 3.63) is 84.9 Å². The fraction of sp³-hybridized carbons (Fsp3) is 0. The molecule has 0 heterocycles. The molecule has 0 saturated carbocycles. The van der Waals surface area contributed by atoms with Crippen LogP contribution in [0.4, 0.5) is 0 Å². The Labute approximate surface area is 135 Å². The molecule has 3 aromatic rings. The molecule has 3 rings (SSSR count). The molecule has 0 amide bonds. The van der Waals surface area contributed by atoms with Gasteiger partial charge in [0.1, 0.15) is 0 Å². The molecule has 0 saturated heterocycles. The number of benzene rings is 3. The predicted octanol–water partition coefficient (Wildman–Crippen LogP) is 5.11. The van der Waals surface area contributed by atoms with E-state index in [1.54, 1.807) is 18.8 Å². The Morgan fingerprint density at radius 3 is 1.45 bits per heavy atom. The summed E-state index contributed by atoms with van der Waals surface area (Å²) in [6, 6.07) is 31.9. The number of hydrogen-bond donors (Lipinski definition) is 0. The molecule has 3 aromatic carbocycles. The molecule has 2 heteroatoms. The minimum Gasteiger partial charge on any atom is -0.219 e. The minimum absolute atomic E-state index is 1.06. The van der Waals surface area contributed by atoms with Gasteiger partial charge in [0.25, 0.3) is 0 Å². The molecule has 0 unspecified atom stereocenters. The van der Waals surface area contributed by atoms with E-state index in [0.29, 0.717) is 0 Å². The maximum Gasteiger partial charge on any atom is -0.144 e. The maximum atomic E-state index is 4.61. The van der Waals surface area contributed by atoms with E-state index in [0.717, 1.165) is 22.3 Å². The summed E-state index contributed by atoms with van der Waals surface area (Å²) < 4.78 is 0. The van der Waals surface area contributed by atoms with Crippen LogP contribution in [0, 0.1) is 18.2 Å². The molecule has 0 aliphatic carbocycles. The summed E-state index contributed by atoms with van der Waals surface area (Å²) in [6.45, 7) is 0. The molecule has 0 radical (unpaired) electrons. The summed E-state index contributed by atoms with van der Waals surface area (Å²) in [6.07, 6.45) is 0. The molecule has 0 nitrogen and oxygen atoms in total. The van der Waals surface area contributed by atoms with Gasteiger partial charge in [0.2, 0.25) is 0 Å². The van der Waals surface area contributed by atoms with Gasteiger partial charge in [-0.3, -0.25) is 0 Å². The zero-order chi connectivity index (χ0) is 14.2. The molecule has 0 N–H and O–H groups in total. The molecular weight excluding hydrogens is 447 g/mol. The van der Waals surface area contributed by atoms with E-state index in [1.807, 2.05) is 54.6 Å². The van der Waals surface area contributed by atoms with Crippen molar-refractivity contribution in [2.24, 2.45) is 0 Å². The molecule has 0 aromatic heterocycles. The smallest absolute Gasteiger partial charge is 0.144 e. The number of halogens is 1. The second kappa shape index (κ2) is 8.04. The first-order valence-electron chi connectivity index (χ1n) is 6.02. The largest absolute Gasteiger partial charge is 0.219 e. The molecule has 20 heavy (non-hydrogen) atoms. The zero-order valence-corrected chi connectivity index (χ0v) is 13.6. The monoisotopic (exact) mass is 457 g/mol. The van der Waals surface area contributed by atoms with E-state index in [9.17, 15) is 0 Å². The molecule has 103 valence electrons. The molecular formula is C18H11ClPt-3. The van der Waals surface area contributed by atoms with Crippen molar-refractivity contribution in [1.82, 2.24) is 0 Å². The summed E-state index contributed by atoms with van der Waals surface area (Å²) >= 11 is 1.61. The first-order valence-corrected chi connectivity index (χ1v) is 8.83. The quantitative estimate of drug-likeness (QED) is 0.469. The Kier molecular flexibility index (Phi) is 6.05. The van der Waals surface area contributed by atoms with Crippen LogP contribution in [0.3, 0.4) is 0 Å². The van der Waals surface area contributed by atoms with Gasteiger partial charge in [0.05, 0.1) is 0 Å². The number of rotatable bonds is 2. The van der Waals surface area contributed by atoms with Crippen molar-refractivity contribution in [2.45, 2.75) is 0 Å². The summed E-state index contributed by atoms with van der Waals surface area (Å²) in [7, 11) is 4.61. The van der Waals surface area contributed by atoms with Crippen molar-refractivity contribution in [3.8, 4) is 22.3 Å². The average Bonchev–Trinajstić information content (AvgIpc) is 2.58. The standard InChI is InChI=1S/C18H11.ClH.Pt/c1-3-8-15(9-4-1)17-12-7-13-18(14-17)16-10-5-2-6-11-16;;/h1-8,10,12-13H;1H;/q-3;;+1/p-1. The SMILES string of the molecule is [Cl][Pt].[c-]1ccccc1-c1[c-]c(-c2[c-]cccc2)ccc1. The van der Waals surface area contributed by atoms with Gasteiger partial charge in [-0.1, -0.05) is 0 Å². The Hall–Kier alpha value is -1.36. The van der Waals surface area contributed by atoms with Gasteiger partial charge in [0, 0.05) is 0 Å². The first-order chi connectivity index (χ1) is 9.93. The Morgan fingerprint density at radius 1 is 0.600 bits per heavy atom. The second-order valence-electron chi connectivity index (χ2n) is 4.03. The normalized spacial score (nSPS) is 9.55. The summed E-state index contributed by atoms with van der Waals surface area (Å²) in [5.41, 5.74) is 4.25. The average molecular weight is 458 g/mol. The molecule has 0 aliphatic heterocycles. The predicted molar refractivity (Wildman–Crippen MR) is 79.7 cm³/mol. The molecule has 0 fully saturated rings. The molecule has 0 spiro atoms. The summed E-state index contributed by atoms with van der Waals surface area (Å²) in [4.78, 5) is 0. The van der Waals surface area contributed by atoms with Crippen molar-refractivity contribution in [2.75, 3.05) is 0 Å². The van der Waals surface area contributed by atoms with E-state index in [1.165, 1.54) is 0 Å². The van der Waals surface area contributed by atoms with Gasteiger partial charge in [-0.15, -0.1) is 18.2 Å². The van der Waals surface area contributed by atoms with Gasteiger partial charge in [-0.2, -0.15) is 60.7 Å². The Bertz CT molecular complexity index is 581. The third kappa shape index (κ3) is 3.82. The van der Waals surface area contributed by atoms with Crippen molar-refractivity contribution >= 4 is 9.42 Å². The Morgan fingerprint density at radius 2 is 1.05 bits per heavy atom. The van der Waals surface area contributed by atoms with Crippen LogP contribution in [0.5, 0.6) is 0 Å². The van der Waals surface area contributed by atoms with Crippen LogP contribution in [0.15, 0.2) is 66.7 Å². The van der Waals surface area contributed by atoms with Crippen LogP contribution in [0.25, 0.3) is 22.3 Å². The van der Waals surface area contributed by atoms with Crippen LogP contribution >= 0.6 is 9.42 Å². The Balaban J connectivity index is 0.000000704. The first kappa shape index (κ1) is 15.0. The van der Waals surface area contributed by atoms with E-state index in [-0.39, 0.29) is 0 Å².